The van der Waals surface area contributed by atoms with Crippen LogP contribution in [0.25, 0.3) is 34.6 Å². The number of carboxylic acid groups (broad SMARTS) is 1. The van der Waals surface area contributed by atoms with Gasteiger partial charge in [0.25, 0.3) is 0 Å². The lowest BCUT2D eigenvalue weighted by Gasteiger charge is -2.12. The van der Waals surface area contributed by atoms with Crippen LogP contribution in [-0.2, 0) is 10.2 Å². The normalized spacial score (nSPS) is 13.3. The molecule has 5 nitrogen and oxygen atoms in total. The molecule has 0 aliphatic heterocycles. The van der Waals surface area contributed by atoms with E-state index in [4.69, 9.17) is 4.42 Å². The summed E-state index contributed by atoms with van der Waals surface area (Å²) < 4.78 is 5.85. The minimum Gasteiger partial charge on any atom is -0.465 e. The summed E-state index contributed by atoms with van der Waals surface area (Å²) >= 11 is 0. The summed E-state index contributed by atoms with van der Waals surface area (Å²) in [5.74, 6) is 1.09. The molecule has 5 heteroatoms. The van der Waals surface area contributed by atoms with E-state index in [2.05, 4.69) is 18.5 Å². The van der Waals surface area contributed by atoms with Gasteiger partial charge in [-0.05, 0) is 42.5 Å². The van der Waals surface area contributed by atoms with Crippen LogP contribution in [-0.4, -0.2) is 17.0 Å². The van der Waals surface area contributed by atoms with Crippen molar-refractivity contribution in [2.24, 2.45) is 0 Å². The van der Waals surface area contributed by atoms with Crippen molar-refractivity contribution >= 4 is 29.7 Å². The van der Waals surface area contributed by atoms with Crippen molar-refractivity contribution in [3.05, 3.63) is 78.6 Å². The Morgan fingerprint density at radius 1 is 0.939 bits per heavy atom. The third-order valence-corrected chi connectivity index (χ3v) is 5.94. The molecule has 1 heterocycles. The highest BCUT2D eigenvalue weighted by molar-refractivity contribution is 5.95. The number of carbonyl (C=O) groups excluding carboxylic acids is 1. The molecule has 3 aromatic rings. The van der Waals surface area contributed by atoms with Crippen molar-refractivity contribution in [3.63, 3.8) is 0 Å². The average Bonchev–Trinajstić information content (AvgIpc) is 3.58. The molecule has 0 unspecified atom stereocenters. The number of rotatable bonds is 7. The van der Waals surface area contributed by atoms with Crippen LogP contribution in [0.15, 0.2) is 66.1 Å². The first-order valence-corrected chi connectivity index (χ1v) is 11.0. The zero-order chi connectivity index (χ0) is 24.2. The van der Waals surface area contributed by atoms with Gasteiger partial charge in [-0.15, -0.1) is 0 Å². The van der Waals surface area contributed by atoms with Crippen LogP contribution in [0.4, 0.5) is 10.5 Å². The molecule has 1 aliphatic rings. The molecule has 0 radical (unpaired) electrons. The lowest BCUT2D eigenvalue weighted by molar-refractivity contribution is -0.119. The first kappa shape index (κ1) is 23.8. The average molecular weight is 444 g/mol. The van der Waals surface area contributed by atoms with E-state index in [1.807, 2.05) is 62.4 Å². The molecule has 1 aromatic heterocycles. The van der Waals surface area contributed by atoms with Gasteiger partial charge in [0.05, 0.1) is 11.1 Å². The predicted octanol–water partition coefficient (Wildman–Crippen LogP) is 7.64. The van der Waals surface area contributed by atoms with Crippen LogP contribution < -0.4 is 5.32 Å². The number of furan rings is 1. The molecule has 1 aliphatic carbocycles. The number of Topliss-reactive ketones (excluding diaryl/α,β-unsaturated/α-hetero) is 1. The first-order chi connectivity index (χ1) is 15.9. The summed E-state index contributed by atoms with van der Waals surface area (Å²) in [6, 6.07) is 15.8. The topological polar surface area (TPSA) is 79.5 Å². The van der Waals surface area contributed by atoms with E-state index in [-0.39, 0.29) is 11.2 Å². The molecule has 1 fully saturated rings. The molecule has 0 spiro atoms. The number of anilines is 1. The second kappa shape index (κ2) is 9.74. The molecule has 0 atom stereocenters. The van der Waals surface area contributed by atoms with Gasteiger partial charge >= 0.3 is 6.09 Å². The summed E-state index contributed by atoms with van der Waals surface area (Å²) in [4.78, 5) is 23.2. The molecule has 0 saturated heterocycles. The molecule has 0 bridgehead atoms. The molecule has 2 aromatic carbocycles. The maximum Gasteiger partial charge on any atom is 0.409 e. The summed E-state index contributed by atoms with van der Waals surface area (Å²) in [6.07, 6.45) is 3.73. The van der Waals surface area contributed by atoms with Crippen molar-refractivity contribution < 1.29 is 19.1 Å². The van der Waals surface area contributed by atoms with Crippen molar-refractivity contribution in [2.45, 2.75) is 39.0 Å². The molecule has 33 heavy (non-hydrogen) atoms. The lowest BCUT2D eigenvalue weighted by Crippen LogP contribution is -2.16. The zero-order valence-corrected chi connectivity index (χ0v) is 19.3. The van der Waals surface area contributed by atoms with Gasteiger partial charge in [0.15, 0.2) is 5.76 Å². The molecular weight excluding hydrogens is 414 g/mol. The summed E-state index contributed by atoms with van der Waals surface area (Å²) in [5, 5.41) is 11.6. The Hall–Kier alpha value is -3.86. The van der Waals surface area contributed by atoms with Gasteiger partial charge in [0.2, 0.25) is 0 Å². The van der Waals surface area contributed by atoms with Gasteiger partial charge in [-0.1, -0.05) is 81.6 Å². The minimum absolute atomic E-state index is 0.228. The zero-order valence-electron chi connectivity index (χ0n) is 19.3. The standard InChI is InChI=1S/C26H23NO4.C2H6/c1-4-21-22(5-2)31-24(23(21)27-25(29)30)19-8-6-17(7-9-19)18-10-12-20(13-11-18)26(14-15-26)16(3)28;1-2/h4-13,27H,1-2,14-15H2,3H3,(H,29,30);1-2H3. The predicted molar refractivity (Wildman–Crippen MR) is 134 cm³/mol. The summed E-state index contributed by atoms with van der Waals surface area (Å²) in [6.45, 7) is 13.1. The Labute approximate surface area is 194 Å². The second-order valence-corrected chi connectivity index (χ2v) is 7.72. The van der Waals surface area contributed by atoms with E-state index >= 15 is 0 Å². The molecular formula is C28H29NO4. The van der Waals surface area contributed by atoms with Crippen molar-refractivity contribution in [3.8, 4) is 22.5 Å². The summed E-state index contributed by atoms with van der Waals surface area (Å²) in [5.41, 5.74) is 4.47. The SMILES string of the molecule is C=Cc1oc(-c2ccc(-c3ccc(C4(C(C)=O)CC4)cc3)cc2)c(NC(=O)O)c1C=C.CC. The van der Waals surface area contributed by atoms with Crippen molar-refractivity contribution in [1.29, 1.82) is 0 Å². The number of amides is 1. The van der Waals surface area contributed by atoms with Gasteiger partial charge in [0, 0.05) is 11.1 Å². The van der Waals surface area contributed by atoms with Gasteiger partial charge in [0.1, 0.15) is 11.5 Å². The fraction of sp³-hybridized carbons (Fsp3) is 0.214. The van der Waals surface area contributed by atoms with Gasteiger partial charge in [-0.2, -0.15) is 0 Å². The van der Waals surface area contributed by atoms with Crippen LogP contribution in [0.2, 0.25) is 0 Å². The number of nitrogens with one attached hydrogen (secondary N) is 1. The quantitative estimate of drug-likeness (QED) is 0.393. The Morgan fingerprint density at radius 2 is 1.45 bits per heavy atom. The van der Waals surface area contributed by atoms with Crippen LogP contribution in [0.1, 0.15) is 50.5 Å². The van der Waals surface area contributed by atoms with Crippen molar-refractivity contribution in [2.75, 3.05) is 5.32 Å². The second-order valence-electron chi connectivity index (χ2n) is 7.72. The van der Waals surface area contributed by atoms with E-state index in [9.17, 15) is 14.7 Å². The van der Waals surface area contributed by atoms with E-state index in [0.29, 0.717) is 22.8 Å². The number of ketones is 1. The molecule has 170 valence electrons. The minimum atomic E-state index is -1.18. The molecule has 1 amide bonds. The smallest absolute Gasteiger partial charge is 0.409 e. The largest absolute Gasteiger partial charge is 0.465 e. The lowest BCUT2D eigenvalue weighted by atomic mass is 9.90. The highest BCUT2D eigenvalue weighted by Gasteiger charge is 2.48. The number of hydrogen-bond acceptors (Lipinski definition) is 3. The fourth-order valence-electron chi connectivity index (χ4n) is 4.01. The number of carbonyl (C=O) groups is 2. The van der Waals surface area contributed by atoms with E-state index in [0.717, 1.165) is 35.1 Å². The van der Waals surface area contributed by atoms with E-state index in [1.54, 1.807) is 13.0 Å². The third kappa shape index (κ3) is 4.53. The third-order valence-electron chi connectivity index (χ3n) is 5.94. The van der Waals surface area contributed by atoms with Gasteiger partial charge in [-0.3, -0.25) is 10.1 Å². The van der Waals surface area contributed by atoms with Crippen molar-refractivity contribution in [1.82, 2.24) is 0 Å². The molecule has 4 rings (SSSR count). The maximum absolute atomic E-state index is 12.0. The molecule has 2 N–H and O–H groups in total. The maximum atomic E-state index is 12.0. The fourth-order valence-corrected chi connectivity index (χ4v) is 4.01. The highest BCUT2D eigenvalue weighted by Crippen LogP contribution is 2.49. The highest BCUT2D eigenvalue weighted by atomic mass is 16.4. The van der Waals surface area contributed by atoms with E-state index in [1.165, 1.54) is 6.08 Å². The Kier molecular flexibility index (Phi) is 7.02. The van der Waals surface area contributed by atoms with Crippen LogP contribution in [0, 0.1) is 0 Å². The summed E-state index contributed by atoms with van der Waals surface area (Å²) in [7, 11) is 0. The van der Waals surface area contributed by atoms with Crippen LogP contribution in [0.3, 0.4) is 0 Å². The molecule has 1 saturated carbocycles. The monoisotopic (exact) mass is 443 g/mol. The van der Waals surface area contributed by atoms with Gasteiger partial charge < -0.3 is 9.52 Å². The number of hydrogen-bond donors (Lipinski definition) is 2. The van der Waals surface area contributed by atoms with Gasteiger partial charge in [-0.25, -0.2) is 4.79 Å². The Balaban J connectivity index is 0.00000149. The Bertz CT molecular complexity index is 1180. The number of benzene rings is 2. The van der Waals surface area contributed by atoms with Crippen LogP contribution in [0.5, 0.6) is 0 Å². The van der Waals surface area contributed by atoms with E-state index < -0.39 is 6.09 Å². The Morgan fingerprint density at radius 3 is 1.88 bits per heavy atom. The first-order valence-electron chi connectivity index (χ1n) is 11.0. The van der Waals surface area contributed by atoms with Crippen LogP contribution >= 0.6 is 0 Å².